The first-order valence-corrected chi connectivity index (χ1v) is 10.7. The first-order valence-electron chi connectivity index (χ1n) is 9.88. The average Bonchev–Trinajstić information content (AvgIpc) is 3.10. The fraction of sp³-hybridized carbons (Fsp3) is 0.524. The summed E-state index contributed by atoms with van der Waals surface area (Å²) in [7, 11) is 0. The highest BCUT2D eigenvalue weighted by Crippen LogP contribution is 2.13. The van der Waals surface area contributed by atoms with E-state index >= 15 is 0 Å². The smallest absolute Gasteiger partial charge is 0.191 e. The Bertz CT molecular complexity index is 712. The van der Waals surface area contributed by atoms with Gasteiger partial charge in [-0.2, -0.15) is 0 Å². The molecule has 2 rings (SSSR count). The van der Waals surface area contributed by atoms with Gasteiger partial charge in [0.1, 0.15) is 0 Å². The van der Waals surface area contributed by atoms with Crippen molar-refractivity contribution in [2.75, 3.05) is 26.2 Å². The third-order valence-corrected chi connectivity index (χ3v) is 5.43. The first kappa shape index (κ1) is 24.8. The maximum atomic E-state index is 4.80. The molecule has 0 amide bonds. The molecule has 1 aromatic heterocycles. The lowest BCUT2D eigenvalue weighted by molar-refractivity contribution is 0.295. The second-order valence-electron chi connectivity index (χ2n) is 6.47. The van der Waals surface area contributed by atoms with Gasteiger partial charge in [-0.3, -0.25) is 4.90 Å². The molecule has 0 atom stereocenters. The van der Waals surface area contributed by atoms with Crippen LogP contribution in [0.5, 0.6) is 0 Å². The van der Waals surface area contributed by atoms with E-state index in [9.17, 15) is 0 Å². The monoisotopic (exact) mass is 515 g/mol. The van der Waals surface area contributed by atoms with E-state index in [1.807, 2.05) is 6.20 Å². The normalized spacial score (nSPS) is 11.4. The van der Waals surface area contributed by atoms with Crippen LogP contribution in [0.4, 0.5) is 0 Å². The van der Waals surface area contributed by atoms with Crippen LogP contribution in [0.15, 0.2) is 35.5 Å². The summed E-state index contributed by atoms with van der Waals surface area (Å²) >= 11 is 1.76. The highest BCUT2D eigenvalue weighted by molar-refractivity contribution is 14.0. The number of hydrogen-bond acceptors (Lipinski definition) is 4. The Morgan fingerprint density at radius 3 is 2.43 bits per heavy atom. The van der Waals surface area contributed by atoms with Crippen molar-refractivity contribution in [1.82, 2.24) is 20.5 Å². The van der Waals surface area contributed by atoms with Crippen LogP contribution < -0.4 is 10.6 Å². The minimum atomic E-state index is 0. The van der Waals surface area contributed by atoms with Gasteiger partial charge in [-0.25, -0.2) is 9.98 Å². The Hall–Kier alpha value is -1.19. The minimum absolute atomic E-state index is 0. The van der Waals surface area contributed by atoms with Gasteiger partial charge in [-0.05, 0) is 38.1 Å². The third kappa shape index (κ3) is 8.45. The second-order valence-corrected chi connectivity index (χ2v) is 7.79. The lowest BCUT2D eigenvalue weighted by atomic mass is 10.1. The van der Waals surface area contributed by atoms with E-state index in [0.29, 0.717) is 6.54 Å². The predicted molar refractivity (Wildman–Crippen MR) is 132 cm³/mol. The number of hydrogen-bond donors (Lipinski definition) is 2. The molecule has 28 heavy (non-hydrogen) atoms. The summed E-state index contributed by atoms with van der Waals surface area (Å²) in [6.07, 6.45) is 2.85. The first-order chi connectivity index (χ1) is 13.2. The number of halogens is 1. The van der Waals surface area contributed by atoms with Gasteiger partial charge in [0.2, 0.25) is 0 Å². The van der Waals surface area contributed by atoms with Gasteiger partial charge in [0.05, 0.1) is 11.6 Å². The quantitative estimate of drug-likeness (QED) is 0.283. The van der Waals surface area contributed by atoms with Crippen LogP contribution in [-0.2, 0) is 19.5 Å². The van der Waals surface area contributed by atoms with Crippen molar-refractivity contribution >= 4 is 41.3 Å². The van der Waals surface area contributed by atoms with Gasteiger partial charge >= 0.3 is 0 Å². The number of thiazole rings is 1. The molecule has 2 aromatic rings. The fourth-order valence-electron chi connectivity index (χ4n) is 2.86. The maximum absolute atomic E-state index is 4.80. The predicted octanol–water partition coefficient (Wildman–Crippen LogP) is 4.21. The van der Waals surface area contributed by atoms with Crippen molar-refractivity contribution < 1.29 is 0 Å². The van der Waals surface area contributed by atoms with Crippen LogP contribution in [0, 0.1) is 6.92 Å². The molecule has 1 heterocycles. The Kier molecular flexibility index (Phi) is 12.3. The number of aromatic nitrogens is 1. The van der Waals surface area contributed by atoms with Gasteiger partial charge < -0.3 is 10.6 Å². The zero-order valence-electron chi connectivity index (χ0n) is 17.5. The van der Waals surface area contributed by atoms with Gasteiger partial charge in [0.25, 0.3) is 0 Å². The van der Waals surface area contributed by atoms with Crippen molar-refractivity contribution in [2.45, 2.75) is 47.2 Å². The average molecular weight is 516 g/mol. The lowest BCUT2D eigenvalue weighted by Crippen LogP contribution is -2.38. The topological polar surface area (TPSA) is 52.6 Å². The molecule has 1 aromatic carbocycles. The molecule has 156 valence electrons. The molecule has 0 aliphatic carbocycles. The summed E-state index contributed by atoms with van der Waals surface area (Å²) in [5.41, 5.74) is 2.65. The van der Waals surface area contributed by atoms with Gasteiger partial charge in [-0.15, -0.1) is 35.3 Å². The van der Waals surface area contributed by atoms with Crippen LogP contribution >= 0.6 is 35.3 Å². The summed E-state index contributed by atoms with van der Waals surface area (Å²) in [6, 6.07) is 8.62. The number of nitrogens with one attached hydrogen (secondary N) is 2. The summed E-state index contributed by atoms with van der Waals surface area (Å²) in [6.45, 7) is 14.1. The number of guanidine groups is 1. The molecule has 0 aliphatic rings. The summed E-state index contributed by atoms with van der Waals surface area (Å²) in [5.74, 6) is 0.864. The maximum Gasteiger partial charge on any atom is 0.191 e. The number of rotatable bonds is 10. The minimum Gasteiger partial charge on any atom is -0.357 e. The van der Waals surface area contributed by atoms with Crippen LogP contribution in [0.25, 0.3) is 0 Å². The molecule has 0 aliphatic heterocycles. The molecule has 0 radical (unpaired) electrons. The molecule has 0 spiro atoms. The molecule has 0 bridgehead atoms. The van der Waals surface area contributed by atoms with E-state index in [2.05, 4.69) is 72.5 Å². The van der Waals surface area contributed by atoms with E-state index in [0.717, 1.165) is 45.1 Å². The lowest BCUT2D eigenvalue weighted by Gasteiger charge is -2.20. The van der Waals surface area contributed by atoms with Gasteiger partial charge in [-0.1, -0.05) is 38.1 Å². The van der Waals surface area contributed by atoms with Crippen LogP contribution in [0.2, 0.25) is 0 Å². The number of aryl methyl sites for hydroxylation is 1. The Morgan fingerprint density at radius 1 is 1.11 bits per heavy atom. The number of benzene rings is 1. The van der Waals surface area contributed by atoms with Crippen molar-refractivity contribution in [3.8, 4) is 0 Å². The van der Waals surface area contributed by atoms with Crippen LogP contribution in [-0.4, -0.2) is 42.0 Å². The standard InChI is InChI=1S/C21H33N5S.HI/c1-5-22-21(23-13-12-20-24-14-17(4)27-20)25-15-18-10-8-9-11-19(18)16-26(6-2)7-3;/h8-11,14H,5-7,12-13,15-16H2,1-4H3,(H2,22,23,25);1H. The molecular formula is C21H34IN5S. The molecule has 7 heteroatoms. The van der Waals surface area contributed by atoms with Crippen LogP contribution in [0.1, 0.15) is 41.8 Å². The highest BCUT2D eigenvalue weighted by atomic mass is 127. The second kappa shape index (κ2) is 13.9. The fourth-order valence-corrected chi connectivity index (χ4v) is 3.65. The van der Waals surface area contributed by atoms with Crippen molar-refractivity contribution in [3.05, 3.63) is 51.5 Å². The molecular weight excluding hydrogens is 481 g/mol. The highest BCUT2D eigenvalue weighted by Gasteiger charge is 2.07. The molecule has 0 unspecified atom stereocenters. The Labute approximate surface area is 191 Å². The molecule has 0 saturated heterocycles. The van der Waals surface area contributed by atoms with Crippen molar-refractivity contribution in [3.63, 3.8) is 0 Å². The van der Waals surface area contributed by atoms with Crippen molar-refractivity contribution in [2.24, 2.45) is 4.99 Å². The van der Waals surface area contributed by atoms with E-state index in [1.165, 1.54) is 21.0 Å². The zero-order chi connectivity index (χ0) is 19.5. The van der Waals surface area contributed by atoms with Crippen molar-refractivity contribution in [1.29, 1.82) is 0 Å². The van der Waals surface area contributed by atoms with E-state index < -0.39 is 0 Å². The van der Waals surface area contributed by atoms with Gasteiger partial charge in [0.15, 0.2) is 5.96 Å². The Balaban J connectivity index is 0.00000392. The van der Waals surface area contributed by atoms with Crippen LogP contribution in [0.3, 0.4) is 0 Å². The number of aliphatic imine (C=N–C) groups is 1. The van der Waals surface area contributed by atoms with E-state index in [1.54, 1.807) is 11.3 Å². The SMILES string of the molecule is CCNC(=NCc1ccccc1CN(CC)CC)NCCc1ncc(C)s1.I. The zero-order valence-corrected chi connectivity index (χ0v) is 20.6. The summed E-state index contributed by atoms with van der Waals surface area (Å²) < 4.78 is 0. The number of nitrogens with zero attached hydrogens (tertiary/aromatic N) is 3. The molecule has 5 nitrogen and oxygen atoms in total. The molecule has 2 N–H and O–H groups in total. The largest absolute Gasteiger partial charge is 0.357 e. The third-order valence-electron chi connectivity index (χ3n) is 4.46. The van der Waals surface area contributed by atoms with Gasteiger partial charge in [0, 0.05) is 37.1 Å². The molecule has 0 fully saturated rings. The summed E-state index contributed by atoms with van der Waals surface area (Å²) in [4.78, 5) is 12.9. The van der Waals surface area contributed by atoms with E-state index in [-0.39, 0.29) is 24.0 Å². The Morgan fingerprint density at radius 2 is 1.82 bits per heavy atom. The summed E-state index contributed by atoms with van der Waals surface area (Å²) in [5, 5.41) is 7.93. The van der Waals surface area contributed by atoms with E-state index in [4.69, 9.17) is 4.99 Å². The molecule has 0 saturated carbocycles.